The fraction of sp³-hybridized carbons (Fsp3) is 0.714. The van der Waals surface area contributed by atoms with Crippen LogP contribution in [0.3, 0.4) is 0 Å². The summed E-state index contributed by atoms with van der Waals surface area (Å²) < 4.78 is 0. The predicted molar refractivity (Wildman–Crippen MR) is 96.5 cm³/mol. The average molecular weight is 289 g/mol. The highest BCUT2D eigenvalue weighted by atomic mass is 14.3. The van der Waals surface area contributed by atoms with E-state index >= 15 is 0 Å². The number of hydrogen-bond donors (Lipinski definition) is 0. The molecule has 21 heavy (non-hydrogen) atoms. The Morgan fingerprint density at radius 1 is 0.476 bits per heavy atom. The van der Waals surface area contributed by atoms with Crippen LogP contribution < -0.4 is 0 Å². The van der Waals surface area contributed by atoms with Crippen LogP contribution in [0, 0.1) is 16.2 Å². The van der Waals surface area contributed by atoms with Crippen LogP contribution >= 0.6 is 0 Å². The van der Waals surface area contributed by atoms with Crippen molar-refractivity contribution in [2.75, 3.05) is 0 Å². The predicted octanol–water partition coefficient (Wildman–Crippen LogP) is 7.09. The van der Waals surface area contributed by atoms with Crippen LogP contribution in [0.4, 0.5) is 0 Å². The molecule has 0 spiro atoms. The van der Waals surface area contributed by atoms with E-state index in [1.165, 1.54) is 0 Å². The van der Waals surface area contributed by atoms with Crippen molar-refractivity contribution in [1.29, 1.82) is 0 Å². The Kier molecular flexibility index (Phi) is 5.35. The molecule has 0 aromatic rings. The molecule has 0 aromatic heterocycles. The average Bonchev–Trinajstić information content (AvgIpc) is 2.06. The first kappa shape index (κ1) is 18.3. The van der Waals surface area contributed by atoms with Gasteiger partial charge in [0.05, 0.1) is 0 Å². The van der Waals surface area contributed by atoms with E-state index in [2.05, 4.69) is 80.5 Å². The molecule has 1 aliphatic carbocycles. The molecule has 0 nitrogen and oxygen atoms in total. The number of rotatable bonds is 0. The second-order valence-electron chi connectivity index (χ2n) is 10.0. The van der Waals surface area contributed by atoms with Crippen LogP contribution in [0.1, 0.15) is 81.6 Å². The highest BCUT2D eigenvalue weighted by Gasteiger charge is 2.21. The van der Waals surface area contributed by atoms with Crippen LogP contribution in [0.15, 0.2) is 34.9 Å². The zero-order valence-corrected chi connectivity index (χ0v) is 15.9. The van der Waals surface area contributed by atoms with Crippen molar-refractivity contribution < 1.29 is 0 Å². The summed E-state index contributed by atoms with van der Waals surface area (Å²) in [5.74, 6) is 0. The smallest absolute Gasteiger partial charge is 0.0102 e. The molecule has 1 aliphatic rings. The SMILES string of the molecule is CC(C)(C)C=C1CC(=CC(C)(C)C)CC(=CC(C)(C)C)C1. The molecule has 0 heterocycles. The van der Waals surface area contributed by atoms with Crippen LogP contribution in [-0.2, 0) is 0 Å². The van der Waals surface area contributed by atoms with E-state index in [0.29, 0.717) is 0 Å². The minimum atomic E-state index is 0.270. The van der Waals surface area contributed by atoms with Crippen LogP contribution in [0.5, 0.6) is 0 Å². The summed E-state index contributed by atoms with van der Waals surface area (Å²) in [6.45, 7) is 20.7. The maximum absolute atomic E-state index is 2.49. The lowest BCUT2D eigenvalue weighted by Crippen LogP contribution is -2.11. The van der Waals surface area contributed by atoms with Crippen molar-refractivity contribution >= 4 is 0 Å². The zero-order chi connectivity index (χ0) is 16.5. The lowest BCUT2D eigenvalue weighted by atomic mass is 9.78. The van der Waals surface area contributed by atoms with E-state index in [0.717, 1.165) is 19.3 Å². The van der Waals surface area contributed by atoms with Gasteiger partial charge in [0.1, 0.15) is 0 Å². The summed E-state index contributed by atoms with van der Waals surface area (Å²) in [4.78, 5) is 0. The van der Waals surface area contributed by atoms with E-state index in [1.54, 1.807) is 16.7 Å². The Labute approximate surface area is 133 Å². The van der Waals surface area contributed by atoms with Gasteiger partial charge in [-0.1, -0.05) is 97.3 Å². The first-order valence-electron chi connectivity index (χ1n) is 8.35. The lowest BCUT2D eigenvalue weighted by molar-refractivity contribution is 0.521. The fourth-order valence-electron chi connectivity index (χ4n) is 3.21. The Bertz CT molecular complexity index is 364. The summed E-state index contributed by atoms with van der Waals surface area (Å²) in [5, 5.41) is 0. The summed E-state index contributed by atoms with van der Waals surface area (Å²) in [5.41, 5.74) is 5.60. The third-order valence-electron chi connectivity index (χ3n) is 3.27. The van der Waals surface area contributed by atoms with Crippen LogP contribution in [-0.4, -0.2) is 0 Å². The monoisotopic (exact) mass is 288 g/mol. The Hall–Kier alpha value is -0.780. The van der Waals surface area contributed by atoms with Gasteiger partial charge in [-0.3, -0.25) is 0 Å². The van der Waals surface area contributed by atoms with Crippen molar-refractivity contribution in [2.45, 2.75) is 81.6 Å². The van der Waals surface area contributed by atoms with Gasteiger partial charge in [0, 0.05) is 0 Å². The second kappa shape index (κ2) is 6.15. The van der Waals surface area contributed by atoms with Gasteiger partial charge in [-0.15, -0.1) is 0 Å². The molecule has 0 aromatic carbocycles. The highest BCUT2D eigenvalue weighted by molar-refractivity contribution is 5.34. The van der Waals surface area contributed by atoms with E-state index in [-0.39, 0.29) is 16.2 Å². The van der Waals surface area contributed by atoms with Gasteiger partial charge in [-0.05, 0) is 35.5 Å². The van der Waals surface area contributed by atoms with Gasteiger partial charge in [-0.2, -0.15) is 0 Å². The lowest BCUT2D eigenvalue weighted by Gasteiger charge is -2.28. The van der Waals surface area contributed by atoms with Crippen LogP contribution in [0.25, 0.3) is 0 Å². The first-order valence-corrected chi connectivity index (χ1v) is 8.35. The molecule has 1 saturated carbocycles. The van der Waals surface area contributed by atoms with E-state index < -0.39 is 0 Å². The molecular weight excluding hydrogens is 252 g/mol. The third kappa shape index (κ3) is 8.29. The number of allylic oxidation sites excluding steroid dienone is 6. The topological polar surface area (TPSA) is 0 Å². The maximum atomic E-state index is 2.49. The Morgan fingerprint density at radius 3 is 0.810 bits per heavy atom. The van der Waals surface area contributed by atoms with Gasteiger partial charge in [-0.25, -0.2) is 0 Å². The standard InChI is InChI=1S/C21H36/c1-19(2,3)13-16-10-17(14-20(4,5)6)12-18(11-16)15-21(7,8)9/h13-15H,10-12H2,1-9H3. The molecule has 0 atom stereocenters. The highest BCUT2D eigenvalue weighted by Crippen LogP contribution is 2.38. The maximum Gasteiger partial charge on any atom is -0.0102 e. The van der Waals surface area contributed by atoms with Gasteiger partial charge in [0.25, 0.3) is 0 Å². The van der Waals surface area contributed by atoms with E-state index in [9.17, 15) is 0 Å². The summed E-state index contributed by atoms with van der Waals surface area (Å²) in [6, 6.07) is 0. The van der Waals surface area contributed by atoms with Crippen LogP contribution in [0.2, 0.25) is 0 Å². The van der Waals surface area contributed by atoms with Gasteiger partial charge in [0.2, 0.25) is 0 Å². The third-order valence-corrected chi connectivity index (χ3v) is 3.27. The Morgan fingerprint density at radius 2 is 0.667 bits per heavy atom. The minimum Gasteiger partial charge on any atom is -0.0793 e. The quantitative estimate of drug-likeness (QED) is 0.417. The van der Waals surface area contributed by atoms with Crippen molar-refractivity contribution in [1.82, 2.24) is 0 Å². The van der Waals surface area contributed by atoms with E-state index in [1.807, 2.05) is 0 Å². The number of hydrogen-bond acceptors (Lipinski definition) is 0. The molecule has 0 bridgehead atoms. The normalized spacial score (nSPS) is 17.9. The van der Waals surface area contributed by atoms with Crippen molar-refractivity contribution in [3.8, 4) is 0 Å². The van der Waals surface area contributed by atoms with Crippen molar-refractivity contribution in [3.05, 3.63) is 34.9 Å². The van der Waals surface area contributed by atoms with Gasteiger partial charge < -0.3 is 0 Å². The molecular formula is C21H36. The fourth-order valence-corrected chi connectivity index (χ4v) is 3.21. The molecule has 1 rings (SSSR count). The molecule has 120 valence electrons. The van der Waals surface area contributed by atoms with Crippen molar-refractivity contribution in [2.24, 2.45) is 16.2 Å². The van der Waals surface area contributed by atoms with Gasteiger partial charge in [0.15, 0.2) is 0 Å². The molecule has 1 fully saturated rings. The summed E-state index contributed by atoms with van der Waals surface area (Å²) in [6.07, 6.45) is 10.9. The Balaban J connectivity index is 3.14. The van der Waals surface area contributed by atoms with Gasteiger partial charge >= 0.3 is 0 Å². The summed E-state index contributed by atoms with van der Waals surface area (Å²) in [7, 11) is 0. The van der Waals surface area contributed by atoms with Crippen molar-refractivity contribution in [3.63, 3.8) is 0 Å². The molecule has 0 radical (unpaired) electrons. The zero-order valence-electron chi connectivity index (χ0n) is 15.9. The molecule has 0 N–H and O–H groups in total. The molecule has 0 amide bonds. The molecule has 0 heteroatoms. The van der Waals surface area contributed by atoms with E-state index in [4.69, 9.17) is 0 Å². The minimum absolute atomic E-state index is 0.270. The summed E-state index contributed by atoms with van der Waals surface area (Å²) >= 11 is 0. The molecule has 0 saturated heterocycles. The molecule has 0 unspecified atom stereocenters. The first-order chi connectivity index (χ1) is 9.23. The molecule has 0 aliphatic heterocycles. The largest absolute Gasteiger partial charge is 0.0793 e. The second-order valence-corrected chi connectivity index (χ2v) is 10.0.